The van der Waals surface area contributed by atoms with Crippen LogP contribution < -0.4 is 11.0 Å². The highest BCUT2D eigenvalue weighted by Crippen LogP contribution is 2.21. The molecule has 1 unspecified atom stereocenters. The van der Waals surface area contributed by atoms with Crippen LogP contribution in [0.1, 0.15) is 11.6 Å². The van der Waals surface area contributed by atoms with Crippen LogP contribution in [0, 0.1) is 0 Å². The lowest BCUT2D eigenvalue weighted by atomic mass is 10.1. The zero-order chi connectivity index (χ0) is 17.9. The molecule has 1 atom stereocenters. The van der Waals surface area contributed by atoms with Crippen LogP contribution in [0.5, 0.6) is 0 Å². The first-order valence-corrected chi connectivity index (χ1v) is 8.51. The highest BCUT2D eigenvalue weighted by atomic mass is 35.5. The van der Waals surface area contributed by atoms with E-state index in [0.29, 0.717) is 10.7 Å². The third-order valence-corrected chi connectivity index (χ3v) is 4.33. The SMILES string of the molecule is O=c1n(C=C=CN2C=CNC(c3cccc(Cl)c3)C2)nc2ccccn12. The average molecular weight is 366 g/mol. The van der Waals surface area contributed by atoms with Crippen LogP contribution >= 0.6 is 11.6 Å². The van der Waals surface area contributed by atoms with Crippen molar-refractivity contribution in [2.24, 2.45) is 0 Å². The van der Waals surface area contributed by atoms with Crippen LogP contribution in [0.2, 0.25) is 5.02 Å². The third kappa shape index (κ3) is 3.28. The van der Waals surface area contributed by atoms with Gasteiger partial charge in [0.15, 0.2) is 5.65 Å². The summed E-state index contributed by atoms with van der Waals surface area (Å²) in [7, 11) is 0. The predicted octanol–water partition coefficient (Wildman–Crippen LogP) is 2.85. The Morgan fingerprint density at radius 3 is 3.00 bits per heavy atom. The van der Waals surface area contributed by atoms with Gasteiger partial charge in [-0.25, -0.2) is 9.20 Å². The van der Waals surface area contributed by atoms with Crippen molar-refractivity contribution in [3.8, 4) is 0 Å². The number of halogens is 1. The van der Waals surface area contributed by atoms with Crippen molar-refractivity contribution in [3.05, 3.63) is 94.1 Å². The molecule has 3 heterocycles. The van der Waals surface area contributed by atoms with Gasteiger partial charge >= 0.3 is 5.69 Å². The van der Waals surface area contributed by atoms with Crippen molar-refractivity contribution in [2.75, 3.05) is 6.54 Å². The lowest BCUT2D eigenvalue weighted by Gasteiger charge is -2.28. The van der Waals surface area contributed by atoms with E-state index >= 15 is 0 Å². The topological polar surface area (TPSA) is 54.6 Å². The second-order valence-electron chi connectivity index (χ2n) is 5.87. The minimum absolute atomic E-state index is 0.120. The van der Waals surface area contributed by atoms with Gasteiger partial charge < -0.3 is 10.2 Å². The molecule has 1 N–H and O–H groups in total. The second-order valence-corrected chi connectivity index (χ2v) is 6.30. The summed E-state index contributed by atoms with van der Waals surface area (Å²) in [5.41, 5.74) is 4.49. The number of rotatable bonds is 3. The number of pyridine rings is 1. The van der Waals surface area contributed by atoms with E-state index < -0.39 is 0 Å². The van der Waals surface area contributed by atoms with E-state index in [2.05, 4.69) is 16.1 Å². The minimum atomic E-state index is -0.228. The number of hydrogen-bond donors (Lipinski definition) is 1. The molecule has 0 spiro atoms. The molecule has 0 bridgehead atoms. The Bertz CT molecular complexity index is 1090. The van der Waals surface area contributed by atoms with E-state index in [1.807, 2.05) is 47.6 Å². The smallest absolute Gasteiger partial charge is 0.355 e. The van der Waals surface area contributed by atoms with Gasteiger partial charge in [0.05, 0.1) is 12.2 Å². The molecule has 0 amide bonds. The molecule has 1 aliphatic rings. The summed E-state index contributed by atoms with van der Waals surface area (Å²) < 4.78 is 2.75. The van der Waals surface area contributed by atoms with E-state index in [4.69, 9.17) is 11.6 Å². The number of nitrogens with one attached hydrogen (secondary N) is 1. The molecule has 1 aromatic carbocycles. The van der Waals surface area contributed by atoms with Crippen LogP contribution in [0.4, 0.5) is 0 Å². The fourth-order valence-electron chi connectivity index (χ4n) is 2.82. The maximum Gasteiger partial charge on any atom is 0.355 e. The van der Waals surface area contributed by atoms with Gasteiger partial charge in [-0.3, -0.25) is 0 Å². The molecular formula is C19H16ClN5O. The van der Waals surface area contributed by atoms with Crippen molar-refractivity contribution in [1.29, 1.82) is 0 Å². The van der Waals surface area contributed by atoms with Crippen LogP contribution in [0.15, 0.2) is 77.8 Å². The molecule has 6 nitrogen and oxygen atoms in total. The number of nitrogens with zero attached hydrogens (tertiary/aromatic N) is 4. The van der Waals surface area contributed by atoms with Gasteiger partial charge in [-0.05, 0) is 29.8 Å². The predicted molar refractivity (Wildman–Crippen MR) is 101 cm³/mol. The first-order valence-electron chi connectivity index (χ1n) is 8.13. The standard InChI is InChI=1S/C19H16ClN5O/c20-16-6-3-5-15(13-16)17-14-23(12-8-21-17)9-4-11-25-19(26)24-10-2-1-7-18(24)22-25/h1-3,5-13,17,21H,14H2. The maximum atomic E-state index is 12.2. The van der Waals surface area contributed by atoms with Gasteiger partial charge in [0.2, 0.25) is 0 Å². The molecule has 4 rings (SSSR count). The van der Waals surface area contributed by atoms with Crippen molar-refractivity contribution < 1.29 is 0 Å². The second kappa shape index (κ2) is 6.96. The van der Waals surface area contributed by atoms with Gasteiger partial charge in [-0.1, -0.05) is 35.5 Å². The molecule has 0 saturated heterocycles. The van der Waals surface area contributed by atoms with E-state index in [-0.39, 0.29) is 11.7 Å². The van der Waals surface area contributed by atoms with E-state index in [9.17, 15) is 4.79 Å². The van der Waals surface area contributed by atoms with Crippen molar-refractivity contribution in [1.82, 2.24) is 24.4 Å². The molecule has 2 aromatic heterocycles. The monoisotopic (exact) mass is 365 g/mol. The largest absolute Gasteiger partial charge is 0.381 e. The molecule has 0 fully saturated rings. The van der Waals surface area contributed by atoms with Crippen molar-refractivity contribution in [2.45, 2.75) is 6.04 Å². The molecule has 130 valence electrons. The van der Waals surface area contributed by atoms with Crippen LogP contribution in [-0.2, 0) is 0 Å². The Balaban J connectivity index is 1.53. The molecule has 0 radical (unpaired) electrons. The van der Waals surface area contributed by atoms with Crippen LogP contribution in [0.3, 0.4) is 0 Å². The molecule has 0 aliphatic carbocycles. The highest BCUT2D eigenvalue weighted by molar-refractivity contribution is 6.30. The summed E-state index contributed by atoms with van der Waals surface area (Å²) in [5.74, 6) is 0. The average Bonchev–Trinajstić information content (AvgIpc) is 2.98. The van der Waals surface area contributed by atoms with Crippen LogP contribution in [-0.4, -0.2) is 25.6 Å². The first kappa shape index (κ1) is 16.3. The molecule has 26 heavy (non-hydrogen) atoms. The number of aromatic nitrogens is 3. The highest BCUT2D eigenvalue weighted by Gasteiger charge is 2.15. The fraction of sp³-hybridized carbons (Fsp3) is 0.105. The van der Waals surface area contributed by atoms with Crippen LogP contribution in [0.25, 0.3) is 11.8 Å². The maximum absolute atomic E-state index is 12.2. The van der Waals surface area contributed by atoms with Gasteiger partial charge in [0, 0.05) is 36.4 Å². The fourth-order valence-corrected chi connectivity index (χ4v) is 3.02. The zero-order valence-electron chi connectivity index (χ0n) is 13.8. The Hall–Kier alpha value is -3.21. The lowest BCUT2D eigenvalue weighted by molar-refractivity contribution is 0.399. The quantitative estimate of drug-likeness (QED) is 0.725. The molecule has 3 aromatic rings. The van der Waals surface area contributed by atoms with Gasteiger partial charge in [0.1, 0.15) is 0 Å². The van der Waals surface area contributed by atoms with Crippen molar-refractivity contribution in [3.63, 3.8) is 0 Å². The minimum Gasteiger partial charge on any atom is -0.381 e. The Morgan fingerprint density at radius 2 is 2.15 bits per heavy atom. The van der Waals surface area contributed by atoms with E-state index in [1.54, 1.807) is 24.5 Å². The number of hydrogen-bond acceptors (Lipinski definition) is 4. The summed E-state index contributed by atoms with van der Waals surface area (Å²) in [6, 6.07) is 13.3. The number of benzene rings is 1. The Labute approximate surface area is 154 Å². The molecule has 1 aliphatic heterocycles. The Morgan fingerprint density at radius 1 is 1.23 bits per heavy atom. The summed E-state index contributed by atoms with van der Waals surface area (Å²) in [6.45, 7) is 0.720. The summed E-state index contributed by atoms with van der Waals surface area (Å²) >= 11 is 6.07. The molecule has 7 heteroatoms. The zero-order valence-corrected chi connectivity index (χ0v) is 14.5. The van der Waals surface area contributed by atoms with E-state index in [1.165, 1.54) is 15.3 Å². The van der Waals surface area contributed by atoms with Gasteiger partial charge in [-0.2, -0.15) is 4.68 Å². The molecule has 0 saturated carbocycles. The van der Waals surface area contributed by atoms with Crippen molar-refractivity contribution >= 4 is 23.4 Å². The normalized spacial score (nSPS) is 16.2. The third-order valence-electron chi connectivity index (χ3n) is 4.10. The summed E-state index contributed by atoms with van der Waals surface area (Å²) in [4.78, 5) is 14.2. The van der Waals surface area contributed by atoms with Gasteiger partial charge in [0.25, 0.3) is 0 Å². The molecular weight excluding hydrogens is 350 g/mol. The number of fused-ring (bicyclic) bond motifs is 1. The summed E-state index contributed by atoms with van der Waals surface area (Å²) in [5, 5.41) is 8.27. The van der Waals surface area contributed by atoms with E-state index in [0.717, 1.165) is 12.1 Å². The van der Waals surface area contributed by atoms with Gasteiger partial charge in [-0.15, -0.1) is 5.10 Å². The first-order chi connectivity index (χ1) is 12.7. The summed E-state index contributed by atoms with van der Waals surface area (Å²) in [6.07, 6.45) is 8.79. The lowest BCUT2D eigenvalue weighted by Crippen LogP contribution is -2.31. The Kier molecular flexibility index (Phi) is 4.35.